The number of rotatable bonds is 5. The molecule has 1 saturated heterocycles. The Bertz CT molecular complexity index is 852. The van der Waals surface area contributed by atoms with Crippen molar-refractivity contribution in [1.82, 2.24) is 20.1 Å². The third kappa shape index (κ3) is 4.17. The first-order chi connectivity index (χ1) is 13.2. The Balaban J connectivity index is 1.33. The molecule has 0 saturated carbocycles. The van der Waals surface area contributed by atoms with E-state index in [4.69, 9.17) is 4.42 Å². The van der Waals surface area contributed by atoms with E-state index in [2.05, 4.69) is 57.0 Å². The second-order valence-electron chi connectivity index (χ2n) is 7.24. The average Bonchev–Trinajstić information content (AvgIpc) is 3.18. The van der Waals surface area contributed by atoms with Gasteiger partial charge in [0.1, 0.15) is 6.26 Å². The minimum atomic E-state index is 0.327. The first-order valence-corrected chi connectivity index (χ1v) is 9.50. The van der Waals surface area contributed by atoms with Crippen molar-refractivity contribution in [3.05, 3.63) is 60.3 Å². The number of oxazole rings is 1. The second kappa shape index (κ2) is 7.88. The number of anilines is 1. The maximum atomic E-state index is 5.54. The molecule has 6 nitrogen and oxygen atoms in total. The minimum Gasteiger partial charge on any atom is -0.448 e. The molecule has 0 amide bonds. The number of benzene rings is 1. The van der Waals surface area contributed by atoms with Gasteiger partial charge in [-0.25, -0.2) is 4.98 Å². The highest BCUT2D eigenvalue weighted by Crippen LogP contribution is 2.20. The van der Waals surface area contributed by atoms with Gasteiger partial charge in [-0.1, -0.05) is 44.2 Å². The van der Waals surface area contributed by atoms with Crippen LogP contribution in [-0.2, 0) is 6.54 Å². The molecule has 27 heavy (non-hydrogen) atoms. The van der Waals surface area contributed by atoms with Crippen LogP contribution in [0.5, 0.6) is 0 Å². The second-order valence-corrected chi connectivity index (χ2v) is 7.24. The molecule has 0 bridgehead atoms. The maximum absolute atomic E-state index is 5.54. The Morgan fingerprint density at radius 1 is 0.963 bits per heavy atom. The van der Waals surface area contributed by atoms with Crippen LogP contribution in [0.2, 0.25) is 0 Å². The van der Waals surface area contributed by atoms with Crippen molar-refractivity contribution < 1.29 is 4.42 Å². The number of hydrogen-bond donors (Lipinski definition) is 0. The zero-order chi connectivity index (χ0) is 18.6. The van der Waals surface area contributed by atoms with Crippen molar-refractivity contribution in [2.24, 2.45) is 0 Å². The van der Waals surface area contributed by atoms with Gasteiger partial charge in [0.2, 0.25) is 0 Å². The summed E-state index contributed by atoms with van der Waals surface area (Å²) in [5.41, 5.74) is 3.01. The van der Waals surface area contributed by atoms with Crippen molar-refractivity contribution in [2.75, 3.05) is 31.1 Å². The van der Waals surface area contributed by atoms with E-state index in [0.717, 1.165) is 61.4 Å². The van der Waals surface area contributed by atoms with Gasteiger partial charge in [0.15, 0.2) is 11.7 Å². The zero-order valence-electron chi connectivity index (χ0n) is 15.9. The quantitative estimate of drug-likeness (QED) is 0.691. The van der Waals surface area contributed by atoms with E-state index in [-0.39, 0.29) is 0 Å². The molecule has 3 aromatic rings. The minimum absolute atomic E-state index is 0.327. The first kappa shape index (κ1) is 17.7. The topological polar surface area (TPSA) is 58.3 Å². The van der Waals surface area contributed by atoms with E-state index < -0.39 is 0 Å². The molecule has 4 rings (SSSR count). The molecule has 6 heteroatoms. The summed E-state index contributed by atoms with van der Waals surface area (Å²) < 4.78 is 5.54. The zero-order valence-corrected chi connectivity index (χ0v) is 15.9. The number of hydrogen-bond acceptors (Lipinski definition) is 6. The standard InChI is InChI=1S/C21H25N5O/c1-16(2)21-22-18(15-27-21)14-25-10-12-26(13-11-25)20-9-8-19(23-24-20)17-6-4-3-5-7-17/h3-9,15-16H,10-14H2,1-2H3. The van der Waals surface area contributed by atoms with Crippen LogP contribution in [0.15, 0.2) is 53.1 Å². The fourth-order valence-corrected chi connectivity index (χ4v) is 3.28. The van der Waals surface area contributed by atoms with Crippen LogP contribution in [0.3, 0.4) is 0 Å². The summed E-state index contributed by atoms with van der Waals surface area (Å²) in [4.78, 5) is 9.27. The summed E-state index contributed by atoms with van der Waals surface area (Å²) >= 11 is 0. The van der Waals surface area contributed by atoms with Gasteiger partial charge >= 0.3 is 0 Å². The highest BCUT2D eigenvalue weighted by Gasteiger charge is 2.20. The molecular formula is C21H25N5O. The molecule has 140 valence electrons. The monoisotopic (exact) mass is 363 g/mol. The van der Waals surface area contributed by atoms with E-state index in [1.54, 1.807) is 6.26 Å². The lowest BCUT2D eigenvalue weighted by atomic mass is 10.1. The highest BCUT2D eigenvalue weighted by molar-refractivity contribution is 5.59. The van der Waals surface area contributed by atoms with E-state index in [9.17, 15) is 0 Å². The van der Waals surface area contributed by atoms with Gasteiger partial charge in [-0.2, -0.15) is 0 Å². The van der Waals surface area contributed by atoms with Crippen LogP contribution in [-0.4, -0.2) is 46.3 Å². The summed E-state index contributed by atoms with van der Waals surface area (Å²) in [5, 5.41) is 8.84. The number of piperazine rings is 1. The van der Waals surface area contributed by atoms with E-state index in [1.165, 1.54) is 0 Å². The van der Waals surface area contributed by atoms with Crippen LogP contribution in [0.1, 0.15) is 31.4 Å². The normalized spacial score (nSPS) is 15.4. The maximum Gasteiger partial charge on any atom is 0.196 e. The fourth-order valence-electron chi connectivity index (χ4n) is 3.28. The van der Waals surface area contributed by atoms with E-state index >= 15 is 0 Å². The molecule has 1 aliphatic heterocycles. The van der Waals surface area contributed by atoms with Crippen LogP contribution >= 0.6 is 0 Å². The molecule has 2 aromatic heterocycles. The Hall–Kier alpha value is -2.73. The highest BCUT2D eigenvalue weighted by atomic mass is 16.3. The Kier molecular flexibility index (Phi) is 5.16. The Morgan fingerprint density at radius 2 is 1.74 bits per heavy atom. The molecule has 0 atom stereocenters. The van der Waals surface area contributed by atoms with Gasteiger partial charge < -0.3 is 9.32 Å². The molecule has 0 N–H and O–H groups in total. The molecular weight excluding hydrogens is 338 g/mol. The summed E-state index contributed by atoms with van der Waals surface area (Å²) in [6.07, 6.45) is 1.79. The average molecular weight is 363 g/mol. The molecule has 3 heterocycles. The predicted octanol–water partition coefficient (Wildman–Crippen LogP) is 3.58. The molecule has 0 radical (unpaired) electrons. The van der Waals surface area contributed by atoms with E-state index in [0.29, 0.717) is 5.92 Å². The third-order valence-electron chi connectivity index (χ3n) is 4.87. The van der Waals surface area contributed by atoms with E-state index in [1.807, 2.05) is 24.3 Å². The van der Waals surface area contributed by atoms with Gasteiger partial charge in [-0.3, -0.25) is 4.90 Å². The molecule has 1 fully saturated rings. The lowest BCUT2D eigenvalue weighted by Gasteiger charge is -2.34. The lowest BCUT2D eigenvalue weighted by molar-refractivity contribution is 0.246. The smallest absolute Gasteiger partial charge is 0.196 e. The van der Waals surface area contributed by atoms with Crippen molar-refractivity contribution in [2.45, 2.75) is 26.3 Å². The molecule has 0 aliphatic carbocycles. The third-order valence-corrected chi connectivity index (χ3v) is 4.87. The molecule has 0 unspecified atom stereocenters. The lowest BCUT2D eigenvalue weighted by Crippen LogP contribution is -2.46. The fraction of sp³-hybridized carbons (Fsp3) is 0.381. The van der Waals surface area contributed by atoms with Crippen LogP contribution < -0.4 is 4.90 Å². The Morgan fingerprint density at radius 3 is 2.37 bits per heavy atom. The van der Waals surface area contributed by atoms with Gasteiger partial charge in [0, 0.05) is 44.2 Å². The van der Waals surface area contributed by atoms with Gasteiger partial charge in [0.25, 0.3) is 0 Å². The summed E-state index contributed by atoms with van der Waals surface area (Å²) in [6, 6.07) is 14.3. The van der Waals surface area contributed by atoms with Gasteiger partial charge in [-0.15, -0.1) is 10.2 Å². The van der Waals surface area contributed by atoms with Gasteiger partial charge in [0.05, 0.1) is 11.4 Å². The first-order valence-electron chi connectivity index (χ1n) is 9.50. The summed E-state index contributed by atoms with van der Waals surface area (Å²) in [7, 11) is 0. The Labute approximate surface area is 159 Å². The van der Waals surface area contributed by atoms with Crippen LogP contribution in [0.25, 0.3) is 11.3 Å². The van der Waals surface area contributed by atoms with Crippen LogP contribution in [0, 0.1) is 0 Å². The SMILES string of the molecule is CC(C)c1nc(CN2CCN(c3ccc(-c4ccccc4)nn3)CC2)co1. The molecule has 1 aromatic carbocycles. The predicted molar refractivity (Wildman–Crippen MR) is 106 cm³/mol. The number of aromatic nitrogens is 3. The van der Waals surface area contributed by atoms with Crippen molar-refractivity contribution >= 4 is 5.82 Å². The van der Waals surface area contributed by atoms with Crippen LogP contribution in [0.4, 0.5) is 5.82 Å². The van der Waals surface area contributed by atoms with Crippen molar-refractivity contribution in [3.8, 4) is 11.3 Å². The number of nitrogens with zero attached hydrogens (tertiary/aromatic N) is 5. The molecule has 0 spiro atoms. The summed E-state index contributed by atoms with van der Waals surface area (Å²) in [6.45, 7) is 8.86. The summed E-state index contributed by atoms with van der Waals surface area (Å²) in [5.74, 6) is 2.09. The van der Waals surface area contributed by atoms with Gasteiger partial charge in [-0.05, 0) is 12.1 Å². The molecule has 1 aliphatic rings. The largest absolute Gasteiger partial charge is 0.448 e. The van der Waals surface area contributed by atoms with Crippen molar-refractivity contribution in [3.63, 3.8) is 0 Å². The van der Waals surface area contributed by atoms with Crippen molar-refractivity contribution in [1.29, 1.82) is 0 Å².